The first kappa shape index (κ1) is 64.6. The first-order valence-corrected chi connectivity index (χ1v) is 28.0. The lowest BCUT2D eigenvalue weighted by Crippen LogP contribution is -2.45. The average Bonchev–Trinajstić information content (AvgIpc) is 3.30. The molecule has 0 fully saturated rings. The number of amides is 1. The van der Waals surface area contributed by atoms with Gasteiger partial charge in [-0.15, -0.1) is 0 Å². The van der Waals surface area contributed by atoms with E-state index in [9.17, 15) is 19.4 Å². The Labute approximate surface area is 417 Å². The van der Waals surface area contributed by atoms with Gasteiger partial charge in [0, 0.05) is 6.42 Å². The summed E-state index contributed by atoms with van der Waals surface area (Å²) in [7, 11) is 1.23. The molecule has 0 saturated heterocycles. The van der Waals surface area contributed by atoms with E-state index in [1.165, 1.54) is 44.9 Å². The zero-order valence-electron chi connectivity index (χ0n) is 43.7. The van der Waals surface area contributed by atoms with E-state index in [1.807, 2.05) is 27.2 Å². The number of nitrogens with one attached hydrogen (secondary N) is 1. The second-order valence-electron chi connectivity index (χ2n) is 18.5. The van der Waals surface area contributed by atoms with E-state index in [4.69, 9.17) is 9.05 Å². The summed E-state index contributed by atoms with van der Waals surface area (Å²) in [4.78, 5) is 25.1. The summed E-state index contributed by atoms with van der Waals surface area (Å²) in [6.45, 7) is 4.38. The summed E-state index contributed by atoms with van der Waals surface area (Å²) in [5, 5.41) is 13.6. The summed E-state index contributed by atoms with van der Waals surface area (Å²) in [5.74, 6) is -0.216. The number of carbonyl (C=O) groups is 1. The van der Waals surface area contributed by atoms with Gasteiger partial charge in [-0.3, -0.25) is 9.36 Å². The van der Waals surface area contributed by atoms with Crippen molar-refractivity contribution >= 4 is 13.7 Å². The molecule has 3 unspecified atom stereocenters. The highest BCUT2D eigenvalue weighted by Gasteiger charge is 2.23. The molecule has 0 aromatic rings. The maximum Gasteiger partial charge on any atom is 0.268 e. The van der Waals surface area contributed by atoms with Crippen LogP contribution in [0.3, 0.4) is 0 Å². The predicted octanol–water partition coefficient (Wildman–Crippen LogP) is 15.3. The molecule has 0 aromatic carbocycles. The van der Waals surface area contributed by atoms with Crippen LogP contribution in [0.25, 0.3) is 0 Å². The number of carbonyl (C=O) groups excluding carboxylic acids is 1. The van der Waals surface area contributed by atoms with E-state index in [1.54, 1.807) is 6.08 Å². The van der Waals surface area contributed by atoms with Crippen molar-refractivity contribution in [3.8, 4) is 0 Å². The van der Waals surface area contributed by atoms with Crippen molar-refractivity contribution in [3.05, 3.63) is 134 Å². The molecule has 0 rings (SSSR count). The standard InChI is InChI=1S/C59H99N2O6P/c1-6-8-10-12-13-14-15-16-17-18-19-20-21-22-23-24-25-26-27-28-29-30-31-32-33-34-35-36-37-38-39-40-41-42-43-44-45-46-47-49-51-53-59(63)60-57(58(62)52-50-48-11-9-7-2)56-67-68(64,65)66-55-54-61(3,4)5/h8,10,13-14,16-17,19-20,22-23,25-26,28-29,31-32,34-35,37-38,50,52,57-58,62H,6-7,9,11-12,15,18,21,24,27,30,33,36,39-49,51,53-56H2,1-5H3,(H-,60,63,64,65)/b10-8-,14-13-,17-16-,20-19-,23-22-,26-25-,29-28-,32-31-,35-34-,38-37-,52-50+. The number of nitrogens with zero attached hydrogens (tertiary/aromatic N) is 1. The third-order valence-corrected chi connectivity index (χ3v) is 11.8. The number of likely N-dealkylation sites (N-methyl/N-ethyl adjacent to an activating group) is 1. The Balaban J connectivity index is 3.92. The van der Waals surface area contributed by atoms with Gasteiger partial charge in [0.2, 0.25) is 5.91 Å². The molecular weight excluding hydrogens is 864 g/mol. The van der Waals surface area contributed by atoms with Crippen LogP contribution in [0.5, 0.6) is 0 Å². The predicted molar refractivity (Wildman–Crippen MR) is 292 cm³/mol. The number of hydrogen-bond acceptors (Lipinski definition) is 6. The van der Waals surface area contributed by atoms with Crippen LogP contribution in [0.2, 0.25) is 0 Å². The smallest absolute Gasteiger partial charge is 0.268 e. The Morgan fingerprint density at radius 1 is 0.529 bits per heavy atom. The quantitative estimate of drug-likeness (QED) is 0.0272. The molecule has 0 radical (unpaired) electrons. The van der Waals surface area contributed by atoms with Crippen molar-refractivity contribution in [2.24, 2.45) is 0 Å². The van der Waals surface area contributed by atoms with Crippen molar-refractivity contribution in [2.75, 3.05) is 40.9 Å². The maximum absolute atomic E-state index is 12.8. The summed E-state index contributed by atoms with van der Waals surface area (Å²) in [6.07, 6.45) is 74.4. The van der Waals surface area contributed by atoms with Crippen LogP contribution in [0.15, 0.2) is 134 Å². The topological polar surface area (TPSA) is 108 Å². The van der Waals surface area contributed by atoms with Gasteiger partial charge in [0.05, 0.1) is 39.9 Å². The van der Waals surface area contributed by atoms with Gasteiger partial charge in [-0.1, -0.05) is 212 Å². The molecule has 2 N–H and O–H groups in total. The monoisotopic (exact) mass is 963 g/mol. The van der Waals surface area contributed by atoms with Gasteiger partial charge < -0.3 is 28.8 Å². The number of phosphoric ester groups is 1. The lowest BCUT2D eigenvalue weighted by Gasteiger charge is -2.29. The molecule has 0 aliphatic rings. The molecule has 68 heavy (non-hydrogen) atoms. The Morgan fingerprint density at radius 3 is 1.31 bits per heavy atom. The van der Waals surface area contributed by atoms with Crippen LogP contribution >= 0.6 is 7.82 Å². The second-order valence-corrected chi connectivity index (χ2v) is 19.9. The highest BCUT2D eigenvalue weighted by Crippen LogP contribution is 2.38. The molecule has 0 aliphatic heterocycles. The van der Waals surface area contributed by atoms with E-state index in [-0.39, 0.29) is 12.5 Å². The third kappa shape index (κ3) is 50.5. The first-order valence-electron chi connectivity index (χ1n) is 26.5. The molecule has 8 nitrogen and oxygen atoms in total. The van der Waals surface area contributed by atoms with Gasteiger partial charge in [-0.2, -0.15) is 0 Å². The summed E-state index contributed by atoms with van der Waals surface area (Å²) < 4.78 is 23.0. The van der Waals surface area contributed by atoms with Crippen molar-refractivity contribution in [1.29, 1.82) is 0 Å². The van der Waals surface area contributed by atoms with Gasteiger partial charge in [-0.25, -0.2) is 0 Å². The van der Waals surface area contributed by atoms with Crippen LogP contribution in [-0.2, 0) is 18.4 Å². The number of aliphatic hydroxyl groups is 1. The normalized spacial score (nSPS) is 15.1. The molecule has 0 aliphatic carbocycles. The van der Waals surface area contributed by atoms with Crippen LogP contribution in [-0.4, -0.2) is 68.5 Å². The second kappa shape index (κ2) is 48.7. The highest BCUT2D eigenvalue weighted by molar-refractivity contribution is 7.45. The molecule has 3 atom stereocenters. The van der Waals surface area contributed by atoms with E-state index < -0.39 is 26.6 Å². The molecule has 0 bridgehead atoms. The maximum atomic E-state index is 12.8. The molecule has 386 valence electrons. The van der Waals surface area contributed by atoms with Gasteiger partial charge in [0.15, 0.2) is 0 Å². The van der Waals surface area contributed by atoms with Gasteiger partial charge in [-0.05, 0) is 96.3 Å². The van der Waals surface area contributed by atoms with E-state index in [0.717, 1.165) is 116 Å². The van der Waals surface area contributed by atoms with Crippen LogP contribution in [0, 0.1) is 0 Å². The van der Waals surface area contributed by atoms with Gasteiger partial charge >= 0.3 is 0 Å². The number of unbranched alkanes of at least 4 members (excludes halogenated alkanes) is 13. The molecule has 0 spiro atoms. The minimum Gasteiger partial charge on any atom is -0.756 e. The first-order chi connectivity index (χ1) is 33.0. The van der Waals surface area contributed by atoms with Gasteiger partial charge in [0.1, 0.15) is 13.2 Å². The summed E-state index contributed by atoms with van der Waals surface area (Å²) in [6, 6.07) is -0.893. The fraction of sp³-hybridized carbons (Fsp3) is 0.610. The Bertz CT molecular complexity index is 1560. The number of hydrogen-bond donors (Lipinski definition) is 2. The minimum absolute atomic E-state index is 0.00899. The number of allylic oxidation sites excluding steroid dienone is 21. The third-order valence-electron chi connectivity index (χ3n) is 10.9. The summed E-state index contributed by atoms with van der Waals surface area (Å²) >= 11 is 0. The number of rotatable bonds is 46. The molecule has 1 amide bonds. The van der Waals surface area contributed by atoms with Crippen molar-refractivity contribution in [1.82, 2.24) is 5.32 Å². The van der Waals surface area contributed by atoms with Crippen molar-refractivity contribution in [3.63, 3.8) is 0 Å². The summed E-state index contributed by atoms with van der Waals surface area (Å²) in [5.41, 5.74) is 0. The van der Waals surface area contributed by atoms with E-state index >= 15 is 0 Å². The number of aliphatic hydroxyl groups excluding tert-OH is 1. The van der Waals surface area contributed by atoms with Crippen LogP contribution in [0.1, 0.15) is 181 Å². The number of phosphoric acid groups is 1. The Morgan fingerprint density at radius 2 is 0.897 bits per heavy atom. The molecule has 9 heteroatoms. The van der Waals surface area contributed by atoms with Crippen molar-refractivity contribution < 1.29 is 32.9 Å². The number of quaternary nitrogens is 1. The Hall–Kier alpha value is -3.36. The van der Waals surface area contributed by atoms with Crippen molar-refractivity contribution in [2.45, 2.75) is 193 Å². The molecule has 0 heterocycles. The highest BCUT2D eigenvalue weighted by atomic mass is 31.2. The fourth-order valence-corrected chi connectivity index (χ4v) is 7.43. The fourth-order valence-electron chi connectivity index (χ4n) is 6.71. The molecular formula is C59H99N2O6P. The average molecular weight is 963 g/mol. The van der Waals surface area contributed by atoms with Crippen LogP contribution < -0.4 is 10.2 Å². The van der Waals surface area contributed by atoms with Gasteiger partial charge in [0.25, 0.3) is 7.82 Å². The lowest BCUT2D eigenvalue weighted by atomic mass is 10.0. The molecule has 0 aromatic heterocycles. The zero-order chi connectivity index (χ0) is 49.9. The molecule has 0 saturated carbocycles. The zero-order valence-corrected chi connectivity index (χ0v) is 44.6. The van der Waals surface area contributed by atoms with Crippen LogP contribution in [0.4, 0.5) is 0 Å². The van der Waals surface area contributed by atoms with E-state index in [0.29, 0.717) is 17.4 Å². The lowest BCUT2D eigenvalue weighted by molar-refractivity contribution is -0.870. The van der Waals surface area contributed by atoms with E-state index in [2.05, 4.69) is 141 Å². The largest absolute Gasteiger partial charge is 0.756 e. The SMILES string of the molecule is CC/C=C\C/C=C\C/C=C\C/C=C\C/C=C\C/C=C\C/C=C\C/C=C\C/C=C\C/C=C\CCCCCCCCCCCCC(=O)NC(COP(=O)([O-])OCC[N+](C)(C)C)C(O)/C=C/CCCCC. The Kier molecular flexibility index (Phi) is 46.3. The minimum atomic E-state index is -4.58.